The summed E-state index contributed by atoms with van der Waals surface area (Å²) < 4.78 is 52.0. The molecule has 2 aromatic heterocycles. The fourth-order valence-electron chi connectivity index (χ4n) is 4.66. The molecule has 5 rings (SSSR count). The highest BCUT2D eigenvalue weighted by Gasteiger charge is 2.29. The van der Waals surface area contributed by atoms with Crippen LogP contribution in [0.3, 0.4) is 0 Å². The molecule has 0 bridgehead atoms. The van der Waals surface area contributed by atoms with Crippen LogP contribution in [0.4, 0.5) is 10.2 Å². The number of nitrogens with zero attached hydrogens (tertiary/aromatic N) is 3. The van der Waals surface area contributed by atoms with Gasteiger partial charge in [0.1, 0.15) is 23.1 Å². The number of aromatic nitrogens is 3. The van der Waals surface area contributed by atoms with Crippen LogP contribution in [-0.4, -0.2) is 67.5 Å². The Morgan fingerprint density at radius 2 is 1.93 bits per heavy atom. The second kappa shape index (κ2) is 12.1. The van der Waals surface area contributed by atoms with E-state index in [0.717, 1.165) is 19.4 Å². The second-order valence-electron chi connectivity index (χ2n) is 11.0. The number of hydrogen-bond donors (Lipinski definition) is 1. The number of H-pyrrole nitrogens is 1. The standard InChI is InChI=1S/C29H35FN4O5S.H2/c1-19(2)16-38-24-14-21(13-22(30)15-24)26-6-5-25(27(35)18-40(36,37)28-7-10-31-33-28)29(32-26)34-11-8-23(9-12-34)39-17-20-3-4-20;/h5-7,10,13-15,19-20,23H,3-4,8-9,11-12,16-18H2,1-2H3,(H,31,33);1H. The van der Waals surface area contributed by atoms with Gasteiger partial charge in [-0.2, -0.15) is 5.10 Å². The van der Waals surface area contributed by atoms with Gasteiger partial charge in [0, 0.05) is 32.8 Å². The van der Waals surface area contributed by atoms with Crippen LogP contribution in [0, 0.1) is 17.7 Å². The number of hydrogen-bond acceptors (Lipinski definition) is 8. The zero-order valence-electron chi connectivity index (χ0n) is 22.8. The number of piperidine rings is 1. The average Bonchev–Trinajstić information content (AvgIpc) is 3.58. The smallest absolute Gasteiger partial charge is 0.202 e. The highest BCUT2D eigenvalue weighted by atomic mass is 32.2. The van der Waals surface area contributed by atoms with Crippen molar-refractivity contribution in [2.45, 2.75) is 50.7 Å². The van der Waals surface area contributed by atoms with Crippen molar-refractivity contribution in [3.63, 3.8) is 0 Å². The molecule has 1 N–H and O–H groups in total. The highest BCUT2D eigenvalue weighted by Crippen LogP contribution is 2.32. The minimum atomic E-state index is -3.92. The number of Topliss-reactive ketones (excluding diaryl/α,β-unsaturated/α-hetero) is 1. The quantitative estimate of drug-likeness (QED) is 0.304. The molecule has 0 spiro atoms. The zero-order chi connectivity index (χ0) is 28.3. The van der Waals surface area contributed by atoms with Gasteiger partial charge in [-0.15, -0.1) is 0 Å². The molecule has 1 saturated carbocycles. The van der Waals surface area contributed by atoms with E-state index in [4.69, 9.17) is 14.5 Å². The monoisotopic (exact) mass is 572 g/mol. The van der Waals surface area contributed by atoms with Gasteiger partial charge in [-0.25, -0.2) is 17.8 Å². The Kier molecular flexibility index (Phi) is 8.51. The second-order valence-corrected chi connectivity index (χ2v) is 13.0. The Morgan fingerprint density at radius 1 is 1.15 bits per heavy atom. The molecule has 1 saturated heterocycles. The molecule has 9 nitrogen and oxygen atoms in total. The Labute approximate surface area is 235 Å². The Bertz CT molecular complexity index is 1440. The van der Waals surface area contributed by atoms with E-state index in [9.17, 15) is 17.6 Å². The summed E-state index contributed by atoms with van der Waals surface area (Å²) in [6, 6.07) is 8.94. The van der Waals surface area contributed by atoms with Gasteiger partial charge in [0.2, 0.25) is 9.84 Å². The number of halogens is 1. The molecule has 1 aliphatic carbocycles. The Balaban J connectivity index is 0.00000387. The number of pyridine rings is 1. The fourth-order valence-corrected chi connectivity index (χ4v) is 5.78. The van der Waals surface area contributed by atoms with Crippen molar-refractivity contribution in [3.8, 4) is 17.0 Å². The normalized spacial score (nSPS) is 16.4. The summed E-state index contributed by atoms with van der Waals surface area (Å²) >= 11 is 0. The summed E-state index contributed by atoms with van der Waals surface area (Å²) in [6.07, 6.45) is 5.47. The average molecular weight is 573 g/mol. The van der Waals surface area contributed by atoms with Crippen molar-refractivity contribution >= 4 is 21.4 Å². The van der Waals surface area contributed by atoms with Crippen LogP contribution in [0.2, 0.25) is 0 Å². The van der Waals surface area contributed by atoms with Crippen LogP contribution in [0.15, 0.2) is 47.6 Å². The van der Waals surface area contributed by atoms with E-state index in [1.165, 1.54) is 37.2 Å². The third-order valence-electron chi connectivity index (χ3n) is 7.06. The lowest BCUT2D eigenvalue weighted by molar-refractivity contribution is 0.0304. The van der Waals surface area contributed by atoms with Crippen LogP contribution in [0.5, 0.6) is 5.75 Å². The van der Waals surface area contributed by atoms with Crippen LogP contribution in [0.25, 0.3) is 11.3 Å². The topological polar surface area (TPSA) is 114 Å². The first kappa shape index (κ1) is 28.2. The van der Waals surface area contributed by atoms with Crippen molar-refractivity contribution in [1.82, 2.24) is 15.2 Å². The van der Waals surface area contributed by atoms with Gasteiger partial charge < -0.3 is 14.4 Å². The number of rotatable bonds is 12. The maximum absolute atomic E-state index is 14.5. The minimum absolute atomic E-state index is 0. The van der Waals surface area contributed by atoms with E-state index in [-0.39, 0.29) is 24.0 Å². The lowest BCUT2D eigenvalue weighted by Gasteiger charge is -2.34. The van der Waals surface area contributed by atoms with Crippen LogP contribution >= 0.6 is 0 Å². The van der Waals surface area contributed by atoms with Crippen LogP contribution < -0.4 is 9.64 Å². The van der Waals surface area contributed by atoms with Gasteiger partial charge >= 0.3 is 0 Å². The van der Waals surface area contributed by atoms with Crippen molar-refractivity contribution in [1.29, 1.82) is 0 Å². The number of nitrogens with one attached hydrogen (secondary N) is 1. The Morgan fingerprint density at radius 3 is 2.60 bits per heavy atom. The van der Waals surface area contributed by atoms with Gasteiger partial charge in [-0.1, -0.05) is 13.8 Å². The first-order valence-corrected chi connectivity index (χ1v) is 15.4. The highest BCUT2D eigenvalue weighted by molar-refractivity contribution is 7.92. The molecule has 2 aliphatic rings. The molecule has 40 heavy (non-hydrogen) atoms. The summed E-state index contributed by atoms with van der Waals surface area (Å²) in [5.41, 5.74) is 1.17. The largest absolute Gasteiger partial charge is 0.493 e. The van der Waals surface area contributed by atoms with E-state index in [0.29, 0.717) is 48.4 Å². The summed E-state index contributed by atoms with van der Waals surface area (Å²) in [5, 5.41) is 6.00. The molecule has 3 aromatic rings. The van der Waals surface area contributed by atoms with E-state index >= 15 is 0 Å². The van der Waals surface area contributed by atoms with Gasteiger partial charge in [-0.05, 0) is 67.9 Å². The van der Waals surface area contributed by atoms with E-state index < -0.39 is 27.2 Å². The molecule has 1 aliphatic heterocycles. The molecular formula is C29H37FN4O5S. The lowest BCUT2D eigenvalue weighted by Crippen LogP contribution is -2.38. The first-order chi connectivity index (χ1) is 19.2. The number of ether oxygens (including phenoxy) is 2. The molecule has 0 unspecified atom stereocenters. The molecule has 11 heteroatoms. The third kappa shape index (κ3) is 7.06. The van der Waals surface area contributed by atoms with Crippen molar-refractivity contribution < 1.29 is 28.5 Å². The molecule has 0 amide bonds. The van der Waals surface area contributed by atoms with Crippen molar-refractivity contribution in [2.24, 2.45) is 11.8 Å². The number of carbonyl (C=O) groups is 1. The maximum atomic E-state index is 14.5. The number of sulfone groups is 1. The SMILES string of the molecule is CC(C)COc1cc(F)cc(-c2ccc(C(=O)CS(=O)(=O)c3ccn[nH]3)c(N3CCC(OCC4CC4)CC3)n2)c1.[HH]. The number of aromatic amines is 1. The predicted molar refractivity (Wildman–Crippen MR) is 151 cm³/mol. The number of ketones is 1. The van der Waals surface area contributed by atoms with Crippen LogP contribution in [0.1, 0.15) is 51.3 Å². The summed E-state index contributed by atoms with van der Waals surface area (Å²) in [7, 11) is -3.92. The maximum Gasteiger partial charge on any atom is 0.202 e. The first-order valence-electron chi connectivity index (χ1n) is 13.7. The van der Waals surface area contributed by atoms with Crippen molar-refractivity contribution in [2.75, 3.05) is 37.0 Å². The van der Waals surface area contributed by atoms with Gasteiger partial charge in [0.25, 0.3) is 0 Å². The van der Waals surface area contributed by atoms with E-state index in [1.807, 2.05) is 18.7 Å². The molecular weight excluding hydrogens is 535 g/mol. The fraction of sp³-hybridized carbons (Fsp3) is 0.483. The third-order valence-corrected chi connectivity index (χ3v) is 8.60. The zero-order valence-corrected chi connectivity index (χ0v) is 23.6. The van der Waals surface area contributed by atoms with Gasteiger partial charge in [0.15, 0.2) is 10.8 Å². The van der Waals surface area contributed by atoms with Crippen LogP contribution in [-0.2, 0) is 14.6 Å². The van der Waals surface area contributed by atoms with E-state index in [2.05, 4.69) is 10.2 Å². The number of carbonyl (C=O) groups excluding carboxylic acids is 1. The number of anilines is 1. The summed E-state index contributed by atoms with van der Waals surface area (Å²) in [4.78, 5) is 20.2. The molecule has 0 radical (unpaired) electrons. The summed E-state index contributed by atoms with van der Waals surface area (Å²) in [5.74, 6) is -0.0236. The molecule has 1 aromatic carbocycles. The van der Waals surface area contributed by atoms with Crippen molar-refractivity contribution in [3.05, 3.63) is 54.0 Å². The molecule has 3 heterocycles. The van der Waals surface area contributed by atoms with Gasteiger partial charge in [-0.3, -0.25) is 9.89 Å². The summed E-state index contributed by atoms with van der Waals surface area (Å²) in [6.45, 7) is 6.45. The van der Waals surface area contributed by atoms with E-state index in [1.54, 1.807) is 18.2 Å². The van der Waals surface area contributed by atoms with Gasteiger partial charge in [0.05, 0.1) is 30.2 Å². The molecule has 216 valence electrons. The lowest BCUT2D eigenvalue weighted by atomic mass is 10.0. The predicted octanol–water partition coefficient (Wildman–Crippen LogP) is 4.94. The Hall–Kier alpha value is -3.31. The molecule has 0 atom stereocenters. The number of benzene rings is 1. The minimum Gasteiger partial charge on any atom is -0.493 e. The molecule has 2 fully saturated rings.